The van der Waals surface area contributed by atoms with Crippen LogP contribution in [-0.2, 0) is 17.8 Å². The van der Waals surface area contributed by atoms with Gasteiger partial charge in [-0.3, -0.25) is 19.6 Å². The molecule has 1 aliphatic carbocycles. The van der Waals surface area contributed by atoms with E-state index in [1.54, 1.807) is 7.05 Å². The first-order valence-electron chi connectivity index (χ1n) is 8.78. The highest BCUT2D eigenvalue weighted by Gasteiger charge is 2.28. The molecule has 3 N–H and O–H groups in total. The van der Waals surface area contributed by atoms with Crippen molar-refractivity contribution < 1.29 is 9.59 Å². The van der Waals surface area contributed by atoms with Crippen molar-refractivity contribution in [2.24, 2.45) is 0 Å². The van der Waals surface area contributed by atoms with E-state index in [9.17, 15) is 9.59 Å². The molecule has 0 saturated heterocycles. The van der Waals surface area contributed by atoms with Gasteiger partial charge in [0.05, 0.1) is 0 Å². The zero-order valence-corrected chi connectivity index (χ0v) is 15.4. The third kappa shape index (κ3) is 3.61. The number of amides is 2. The Morgan fingerprint density at radius 3 is 2.96 bits per heavy atom. The maximum atomic E-state index is 12.2. The SMILES string of the molecule is CNC(=O)c1n[nH]c2c1CN(CCC(=O)Nc1nnc(C3CC3)s1)CC2. The van der Waals surface area contributed by atoms with E-state index in [0.29, 0.717) is 36.3 Å². The van der Waals surface area contributed by atoms with Crippen LogP contribution in [0.5, 0.6) is 0 Å². The summed E-state index contributed by atoms with van der Waals surface area (Å²) >= 11 is 1.47. The Hall–Kier alpha value is -2.33. The Morgan fingerprint density at radius 2 is 2.19 bits per heavy atom. The van der Waals surface area contributed by atoms with Crippen LogP contribution in [0.1, 0.15) is 51.9 Å². The van der Waals surface area contributed by atoms with Gasteiger partial charge in [0.2, 0.25) is 11.0 Å². The number of fused-ring (bicyclic) bond motifs is 1. The van der Waals surface area contributed by atoms with Crippen molar-refractivity contribution in [3.05, 3.63) is 22.0 Å². The molecule has 10 heteroatoms. The van der Waals surface area contributed by atoms with Crippen LogP contribution in [0.2, 0.25) is 0 Å². The lowest BCUT2D eigenvalue weighted by atomic mass is 10.0. The van der Waals surface area contributed by atoms with E-state index >= 15 is 0 Å². The van der Waals surface area contributed by atoms with Crippen molar-refractivity contribution in [3.63, 3.8) is 0 Å². The number of nitrogens with one attached hydrogen (secondary N) is 3. The molecule has 9 nitrogen and oxygen atoms in total. The lowest BCUT2D eigenvalue weighted by Crippen LogP contribution is -2.34. The fourth-order valence-corrected chi connectivity index (χ4v) is 4.00. The van der Waals surface area contributed by atoms with Crippen molar-refractivity contribution in [3.8, 4) is 0 Å². The number of hydrogen-bond acceptors (Lipinski definition) is 7. The minimum Gasteiger partial charge on any atom is -0.354 e. The van der Waals surface area contributed by atoms with Crippen LogP contribution in [0.25, 0.3) is 0 Å². The number of aromatic amines is 1. The number of rotatable bonds is 6. The number of aromatic nitrogens is 4. The molecule has 0 spiro atoms. The second-order valence-corrected chi connectivity index (χ2v) is 7.66. The first kappa shape index (κ1) is 17.1. The Labute approximate surface area is 154 Å². The Balaban J connectivity index is 1.30. The topological polar surface area (TPSA) is 116 Å². The molecule has 1 aliphatic heterocycles. The molecule has 2 aromatic rings. The summed E-state index contributed by atoms with van der Waals surface area (Å²) in [5.74, 6) is 0.294. The molecule has 3 heterocycles. The van der Waals surface area contributed by atoms with E-state index in [1.807, 2.05) is 0 Å². The molecule has 0 atom stereocenters. The van der Waals surface area contributed by atoms with Gasteiger partial charge >= 0.3 is 0 Å². The predicted octanol–water partition coefficient (Wildman–Crippen LogP) is 0.885. The first-order valence-corrected chi connectivity index (χ1v) is 9.59. The highest BCUT2D eigenvalue weighted by molar-refractivity contribution is 7.15. The van der Waals surface area contributed by atoms with Crippen LogP contribution in [0.3, 0.4) is 0 Å². The fourth-order valence-electron chi connectivity index (χ4n) is 3.07. The Bertz CT molecular complexity index is 826. The average molecular weight is 375 g/mol. The first-order chi connectivity index (χ1) is 12.6. The maximum absolute atomic E-state index is 12.2. The molecule has 138 valence electrons. The van der Waals surface area contributed by atoms with Gasteiger partial charge in [0.25, 0.3) is 5.91 Å². The van der Waals surface area contributed by atoms with Gasteiger partial charge in [0.15, 0.2) is 5.69 Å². The second-order valence-electron chi connectivity index (χ2n) is 6.65. The normalized spacial score (nSPS) is 17.0. The molecule has 0 aromatic carbocycles. The van der Waals surface area contributed by atoms with Crippen LogP contribution in [0.15, 0.2) is 0 Å². The second kappa shape index (κ2) is 7.12. The molecule has 0 bridgehead atoms. The zero-order valence-electron chi connectivity index (χ0n) is 14.5. The number of anilines is 1. The third-order valence-electron chi connectivity index (χ3n) is 4.72. The summed E-state index contributed by atoms with van der Waals surface area (Å²) in [7, 11) is 1.59. The molecule has 2 aliphatic rings. The fraction of sp³-hybridized carbons (Fsp3) is 0.562. The number of hydrogen-bond donors (Lipinski definition) is 3. The Kier molecular flexibility index (Phi) is 4.68. The molecule has 26 heavy (non-hydrogen) atoms. The number of nitrogens with zero attached hydrogens (tertiary/aromatic N) is 4. The van der Waals surface area contributed by atoms with Gasteiger partial charge in [-0.1, -0.05) is 11.3 Å². The summed E-state index contributed by atoms with van der Waals surface area (Å²) < 4.78 is 0. The van der Waals surface area contributed by atoms with Crippen molar-refractivity contribution in [2.45, 2.75) is 38.1 Å². The molecule has 2 aromatic heterocycles. The summed E-state index contributed by atoms with van der Waals surface area (Å²) in [5, 5.41) is 22.3. The van der Waals surface area contributed by atoms with Crippen molar-refractivity contribution in [2.75, 3.05) is 25.5 Å². The molecule has 2 amide bonds. The van der Waals surface area contributed by atoms with E-state index in [-0.39, 0.29) is 11.8 Å². The average Bonchev–Trinajstić information content (AvgIpc) is 3.25. The molecule has 4 rings (SSSR count). The van der Waals surface area contributed by atoms with Crippen LogP contribution in [0.4, 0.5) is 5.13 Å². The van der Waals surface area contributed by atoms with E-state index < -0.39 is 0 Å². The smallest absolute Gasteiger partial charge is 0.271 e. The summed E-state index contributed by atoms with van der Waals surface area (Å²) in [5.41, 5.74) is 2.37. The maximum Gasteiger partial charge on any atom is 0.271 e. The molecule has 1 fully saturated rings. The van der Waals surface area contributed by atoms with Gasteiger partial charge in [-0.05, 0) is 12.8 Å². The van der Waals surface area contributed by atoms with Crippen LogP contribution >= 0.6 is 11.3 Å². The zero-order chi connectivity index (χ0) is 18.1. The van der Waals surface area contributed by atoms with Gasteiger partial charge in [-0.25, -0.2) is 0 Å². The molecule has 1 saturated carbocycles. The van der Waals surface area contributed by atoms with E-state index in [2.05, 4.69) is 35.9 Å². The van der Waals surface area contributed by atoms with Gasteiger partial charge < -0.3 is 10.6 Å². The molecule has 0 unspecified atom stereocenters. The lowest BCUT2D eigenvalue weighted by Gasteiger charge is -2.26. The summed E-state index contributed by atoms with van der Waals surface area (Å²) in [6, 6.07) is 0. The summed E-state index contributed by atoms with van der Waals surface area (Å²) in [4.78, 5) is 26.2. The van der Waals surface area contributed by atoms with Gasteiger partial charge in [-0.2, -0.15) is 5.10 Å². The number of carbonyl (C=O) groups excluding carboxylic acids is 2. The number of H-pyrrole nitrogens is 1. The monoisotopic (exact) mass is 375 g/mol. The number of carbonyl (C=O) groups is 2. The minimum absolute atomic E-state index is 0.0620. The molecular formula is C16H21N7O2S. The van der Waals surface area contributed by atoms with E-state index in [4.69, 9.17) is 0 Å². The minimum atomic E-state index is -0.190. The summed E-state index contributed by atoms with van der Waals surface area (Å²) in [6.45, 7) is 2.07. The largest absolute Gasteiger partial charge is 0.354 e. The predicted molar refractivity (Wildman–Crippen MR) is 96.1 cm³/mol. The third-order valence-corrected chi connectivity index (χ3v) is 5.72. The highest BCUT2D eigenvalue weighted by atomic mass is 32.1. The van der Waals surface area contributed by atoms with Crippen molar-refractivity contribution >= 4 is 28.3 Å². The quantitative estimate of drug-likeness (QED) is 0.690. The molecule has 0 radical (unpaired) electrons. The lowest BCUT2D eigenvalue weighted by molar-refractivity contribution is -0.116. The standard InChI is InChI=1S/C16H21N7O2S/c1-17-14(25)13-10-8-23(6-4-11(10)19-20-13)7-5-12(24)18-16-22-21-15(26-16)9-2-3-9/h9H,2-8H2,1H3,(H,17,25)(H,19,20)(H,18,22,24). The van der Waals surface area contributed by atoms with Crippen LogP contribution < -0.4 is 10.6 Å². The van der Waals surface area contributed by atoms with E-state index in [1.165, 1.54) is 24.2 Å². The van der Waals surface area contributed by atoms with Crippen molar-refractivity contribution in [1.82, 2.24) is 30.6 Å². The van der Waals surface area contributed by atoms with Gasteiger partial charge in [0.1, 0.15) is 5.01 Å². The molecular weight excluding hydrogens is 354 g/mol. The Morgan fingerprint density at radius 1 is 1.35 bits per heavy atom. The van der Waals surface area contributed by atoms with Crippen molar-refractivity contribution in [1.29, 1.82) is 0 Å². The van der Waals surface area contributed by atoms with Gasteiger partial charge in [-0.15, -0.1) is 10.2 Å². The van der Waals surface area contributed by atoms with Gasteiger partial charge in [0, 0.05) is 56.7 Å². The van der Waals surface area contributed by atoms with Crippen LogP contribution in [-0.4, -0.2) is 57.2 Å². The van der Waals surface area contributed by atoms with Crippen LogP contribution in [0, 0.1) is 0 Å². The highest BCUT2D eigenvalue weighted by Crippen LogP contribution is 2.42. The summed E-state index contributed by atoms with van der Waals surface area (Å²) in [6.07, 6.45) is 3.51. The van der Waals surface area contributed by atoms with E-state index in [0.717, 1.165) is 29.2 Å².